The number of rotatable bonds is 4. The quantitative estimate of drug-likeness (QED) is 0.294. The fourth-order valence-electron chi connectivity index (χ4n) is 6.18. The highest BCUT2D eigenvalue weighted by Gasteiger charge is 2.52. The van der Waals surface area contributed by atoms with Crippen LogP contribution in [-0.2, 0) is 16.0 Å². The SMILES string of the molecule is O=C(O[C@H]1[C@H]2c3cc4c(cc3CN3CCC(=C[C@@H]1OC(=O)c1ccccc1Cl)[C@H]23)OCO4)c1ccccc1Cl. The molecule has 0 unspecified atom stereocenters. The van der Waals surface area contributed by atoms with Crippen LogP contribution in [0.5, 0.6) is 11.5 Å². The first-order chi connectivity index (χ1) is 19.0. The number of ether oxygens (including phenoxy) is 4. The second-order valence-electron chi connectivity index (χ2n) is 10.0. The predicted molar refractivity (Wildman–Crippen MR) is 144 cm³/mol. The number of esters is 2. The zero-order valence-corrected chi connectivity index (χ0v) is 22.2. The Morgan fingerprint density at radius 2 is 1.51 bits per heavy atom. The lowest BCUT2D eigenvalue weighted by molar-refractivity contribution is -0.0443. The molecular formula is C30H23Cl2NO6. The van der Waals surface area contributed by atoms with Crippen LogP contribution in [0.15, 0.2) is 72.3 Å². The molecule has 0 spiro atoms. The van der Waals surface area contributed by atoms with E-state index in [0.717, 1.165) is 36.2 Å². The van der Waals surface area contributed by atoms with Gasteiger partial charge in [-0.2, -0.15) is 0 Å². The molecule has 3 heterocycles. The summed E-state index contributed by atoms with van der Waals surface area (Å²) < 4.78 is 23.6. The van der Waals surface area contributed by atoms with E-state index in [4.69, 9.17) is 42.1 Å². The minimum absolute atomic E-state index is 0.00261. The maximum atomic E-state index is 13.5. The Morgan fingerprint density at radius 3 is 2.21 bits per heavy atom. The molecular weight excluding hydrogens is 541 g/mol. The van der Waals surface area contributed by atoms with Gasteiger partial charge in [0.2, 0.25) is 6.79 Å². The molecule has 3 aliphatic heterocycles. The van der Waals surface area contributed by atoms with Crippen molar-refractivity contribution in [2.75, 3.05) is 13.3 Å². The van der Waals surface area contributed by atoms with Crippen LogP contribution in [0.3, 0.4) is 0 Å². The summed E-state index contributed by atoms with van der Waals surface area (Å²) in [6.07, 6.45) is 1.10. The molecule has 0 N–H and O–H groups in total. The van der Waals surface area contributed by atoms with Crippen molar-refractivity contribution in [3.05, 3.63) is 105 Å². The topological polar surface area (TPSA) is 74.3 Å². The lowest BCUT2D eigenvalue weighted by atomic mass is 9.73. The molecule has 0 bridgehead atoms. The molecule has 1 saturated heterocycles. The molecule has 4 aliphatic rings. The van der Waals surface area contributed by atoms with Crippen LogP contribution >= 0.6 is 23.2 Å². The molecule has 39 heavy (non-hydrogen) atoms. The minimum Gasteiger partial charge on any atom is -0.454 e. The number of fused-ring (bicyclic) bond motifs is 3. The third-order valence-electron chi connectivity index (χ3n) is 7.90. The fourth-order valence-corrected chi connectivity index (χ4v) is 6.61. The summed E-state index contributed by atoms with van der Waals surface area (Å²) in [5, 5.41) is 0.574. The number of carbonyl (C=O) groups is 2. The molecule has 4 atom stereocenters. The van der Waals surface area contributed by atoms with E-state index in [9.17, 15) is 9.59 Å². The normalized spacial score (nSPS) is 24.4. The number of hydrogen-bond acceptors (Lipinski definition) is 7. The molecule has 0 amide bonds. The standard InChI is InChI=1S/C30H23Cl2NO6/c31-21-7-3-1-5-18(21)29(34)38-25-11-16-9-10-33-14-17-12-23-24(37-15-36-23)13-20(17)26(27(16)33)28(25)39-30(35)19-6-2-4-8-22(19)32/h1-8,11-13,25-28H,9-10,14-15H2/t25-,26-,27+,28+/m0/s1. The molecule has 7 rings (SSSR count). The third kappa shape index (κ3) is 4.16. The van der Waals surface area contributed by atoms with Crippen LogP contribution in [0.4, 0.5) is 0 Å². The largest absolute Gasteiger partial charge is 0.454 e. The number of halogens is 2. The second kappa shape index (κ2) is 9.59. The van der Waals surface area contributed by atoms with Crippen LogP contribution in [0.1, 0.15) is 44.2 Å². The Kier molecular flexibility index (Phi) is 6.03. The average molecular weight is 564 g/mol. The van der Waals surface area contributed by atoms with Crippen molar-refractivity contribution >= 4 is 35.1 Å². The minimum atomic E-state index is -0.840. The van der Waals surface area contributed by atoms with Gasteiger partial charge in [-0.15, -0.1) is 0 Å². The van der Waals surface area contributed by atoms with Crippen molar-refractivity contribution in [2.24, 2.45) is 0 Å². The van der Waals surface area contributed by atoms with Crippen molar-refractivity contribution in [1.82, 2.24) is 4.90 Å². The smallest absolute Gasteiger partial charge is 0.340 e. The van der Waals surface area contributed by atoms with E-state index in [1.165, 1.54) is 0 Å². The highest BCUT2D eigenvalue weighted by molar-refractivity contribution is 6.34. The molecule has 0 saturated carbocycles. The van der Waals surface area contributed by atoms with E-state index >= 15 is 0 Å². The van der Waals surface area contributed by atoms with Crippen LogP contribution < -0.4 is 9.47 Å². The van der Waals surface area contributed by atoms with Gasteiger partial charge < -0.3 is 18.9 Å². The number of nitrogens with zero attached hydrogens (tertiary/aromatic N) is 1. The van der Waals surface area contributed by atoms with E-state index in [1.54, 1.807) is 48.5 Å². The number of benzene rings is 3. The number of carbonyl (C=O) groups excluding carboxylic acids is 2. The summed E-state index contributed by atoms with van der Waals surface area (Å²) in [5.41, 5.74) is 3.71. The van der Waals surface area contributed by atoms with Gasteiger partial charge in [-0.25, -0.2) is 9.59 Å². The van der Waals surface area contributed by atoms with Crippen molar-refractivity contribution in [3.63, 3.8) is 0 Å². The van der Waals surface area contributed by atoms with Crippen LogP contribution in [0.25, 0.3) is 0 Å². The van der Waals surface area contributed by atoms with E-state index in [-0.39, 0.29) is 39.9 Å². The number of hydrogen-bond donors (Lipinski definition) is 0. The zero-order valence-electron chi connectivity index (χ0n) is 20.6. The Bertz CT molecular complexity index is 1540. The molecule has 0 aromatic heterocycles. The fraction of sp³-hybridized carbons (Fsp3) is 0.267. The second-order valence-corrected chi connectivity index (χ2v) is 10.9. The Balaban J connectivity index is 1.32. The first-order valence-corrected chi connectivity index (χ1v) is 13.5. The molecule has 3 aromatic rings. The summed E-state index contributed by atoms with van der Waals surface area (Å²) in [5.74, 6) is -0.127. The lowest BCUT2D eigenvalue weighted by Gasteiger charge is -2.46. The van der Waals surface area contributed by atoms with Gasteiger partial charge in [-0.05, 0) is 60.0 Å². The maximum Gasteiger partial charge on any atom is 0.340 e. The molecule has 0 radical (unpaired) electrons. The molecule has 3 aromatic carbocycles. The molecule has 9 heteroatoms. The van der Waals surface area contributed by atoms with Crippen molar-refractivity contribution in [2.45, 2.75) is 37.1 Å². The van der Waals surface area contributed by atoms with Gasteiger partial charge in [0.15, 0.2) is 23.7 Å². The van der Waals surface area contributed by atoms with Gasteiger partial charge in [0, 0.05) is 25.0 Å². The van der Waals surface area contributed by atoms with Gasteiger partial charge in [-0.1, -0.05) is 53.0 Å². The van der Waals surface area contributed by atoms with Gasteiger partial charge in [0.25, 0.3) is 0 Å². The first kappa shape index (κ1) is 24.5. The highest BCUT2D eigenvalue weighted by atomic mass is 35.5. The van der Waals surface area contributed by atoms with E-state index < -0.39 is 24.1 Å². The summed E-state index contributed by atoms with van der Waals surface area (Å²) in [6, 6.07) is 17.4. The first-order valence-electron chi connectivity index (χ1n) is 12.8. The Hall–Kier alpha value is -3.52. The highest BCUT2D eigenvalue weighted by Crippen LogP contribution is 2.51. The monoisotopic (exact) mass is 563 g/mol. The third-order valence-corrected chi connectivity index (χ3v) is 8.56. The Labute approximate surface area is 234 Å². The molecule has 1 fully saturated rings. The van der Waals surface area contributed by atoms with Crippen molar-refractivity contribution < 1.29 is 28.5 Å². The van der Waals surface area contributed by atoms with Crippen molar-refractivity contribution in [1.29, 1.82) is 0 Å². The van der Waals surface area contributed by atoms with Crippen LogP contribution in [0, 0.1) is 0 Å². The van der Waals surface area contributed by atoms with Gasteiger partial charge >= 0.3 is 11.9 Å². The molecule has 7 nitrogen and oxygen atoms in total. The van der Waals surface area contributed by atoms with E-state index in [1.807, 2.05) is 18.2 Å². The van der Waals surface area contributed by atoms with Gasteiger partial charge in [-0.3, -0.25) is 4.90 Å². The van der Waals surface area contributed by atoms with Crippen molar-refractivity contribution in [3.8, 4) is 11.5 Å². The summed E-state index contributed by atoms with van der Waals surface area (Å²) in [4.78, 5) is 29.2. The summed E-state index contributed by atoms with van der Waals surface area (Å²) >= 11 is 12.6. The van der Waals surface area contributed by atoms with Gasteiger partial charge in [0.1, 0.15) is 0 Å². The van der Waals surface area contributed by atoms with Gasteiger partial charge in [0.05, 0.1) is 21.2 Å². The Morgan fingerprint density at radius 1 is 0.872 bits per heavy atom. The molecule has 198 valence electrons. The maximum absolute atomic E-state index is 13.5. The summed E-state index contributed by atoms with van der Waals surface area (Å²) in [6.45, 7) is 1.74. The average Bonchev–Trinajstić information content (AvgIpc) is 3.56. The van der Waals surface area contributed by atoms with Crippen LogP contribution in [-0.4, -0.2) is 48.4 Å². The predicted octanol–water partition coefficient (Wildman–Crippen LogP) is 5.78. The summed E-state index contributed by atoms with van der Waals surface area (Å²) in [7, 11) is 0. The lowest BCUT2D eigenvalue weighted by Crippen LogP contribution is -2.52. The van der Waals surface area contributed by atoms with E-state index in [2.05, 4.69) is 4.90 Å². The molecule has 1 aliphatic carbocycles. The van der Waals surface area contributed by atoms with Crippen LogP contribution in [0.2, 0.25) is 10.0 Å². The zero-order chi connectivity index (χ0) is 26.7. The van der Waals surface area contributed by atoms with E-state index in [0.29, 0.717) is 11.5 Å².